The fourth-order valence-electron chi connectivity index (χ4n) is 1.51. The van der Waals surface area contributed by atoms with Gasteiger partial charge >= 0.3 is 0 Å². The summed E-state index contributed by atoms with van der Waals surface area (Å²) in [5, 5.41) is 0. The molecule has 4 nitrogen and oxygen atoms in total. The van der Waals surface area contributed by atoms with Crippen LogP contribution in [-0.2, 0) is 11.2 Å². The summed E-state index contributed by atoms with van der Waals surface area (Å²) in [5.41, 5.74) is 6.82. The fraction of sp³-hybridized carbons (Fsp3) is 0.500. The van der Waals surface area contributed by atoms with Crippen molar-refractivity contribution in [3.63, 3.8) is 0 Å². The molecule has 0 saturated heterocycles. The van der Waals surface area contributed by atoms with E-state index in [1.807, 2.05) is 25.1 Å². The fourth-order valence-corrected chi connectivity index (χ4v) is 1.51. The molecule has 1 atom stereocenters. The molecular formula is C12H19NO3. The van der Waals surface area contributed by atoms with E-state index in [2.05, 4.69) is 0 Å². The summed E-state index contributed by atoms with van der Waals surface area (Å²) in [6.07, 6.45) is 0.746. The first-order valence-electron chi connectivity index (χ1n) is 5.22. The molecule has 0 spiro atoms. The molecule has 0 saturated carbocycles. The molecule has 1 aromatic rings. The second-order valence-corrected chi connectivity index (χ2v) is 3.68. The van der Waals surface area contributed by atoms with E-state index in [9.17, 15) is 0 Å². The average molecular weight is 225 g/mol. The van der Waals surface area contributed by atoms with Gasteiger partial charge in [0.05, 0.1) is 7.11 Å². The Morgan fingerprint density at radius 1 is 1.31 bits per heavy atom. The Morgan fingerprint density at radius 3 is 2.62 bits per heavy atom. The Bertz CT molecular complexity index is 326. The molecule has 1 unspecified atom stereocenters. The topological polar surface area (TPSA) is 53.7 Å². The maximum Gasteiger partial charge on any atom is 0.188 e. The number of methoxy groups -OCH3 is 2. The molecule has 1 aromatic carbocycles. The summed E-state index contributed by atoms with van der Waals surface area (Å²) in [4.78, 5) is 0. The van der Waals surface area contributed by atoms with Crippen molar-refractivity contribution < 1.29 is 14.2 Å². The predicted molar refractivity (Wildman–Crippen MR) is 62.9 cm³/mol. The van der Waals surface area contributed by atoms with Gasteiger partial charge in [0.15, 0.2) is 18.3 Å². The monoisotopic (exact) mass is 225 g/mol. The van der Waals surface area contributed by atoms with E-state index in [-0.39, 0.29) is 12.8 Å². The van der Waals surface area contributed by atoms with Crippen LogP contribution in [0.2, 0.25) is 0 Å². The molecule has 0 aliphatic rings. The molecule has 4 heteroatoms. The minimum Gasteiger partial charge on any atom is -0.493 e. The highest BCUT2D eigenvalue weighted by molar-refractivity contribution is 5.46. The van der Waals surface area contributed by atoms with Crippen molar-refractivity contribution >= 4 is 0 Å². The lowest BCUT2D eigenvalue weighted by Gasteiger charge is -2.15. The molecule has 0 bridgehead atoms. The molecule has 0 aromatic heterocycles. The second-order valence-electron chi connectivity index (χ2n) is 3.68. The number of benzene rings is 1. The molecular weight excluding hydrogens is 206 g/mol. The van der Waals surface area contributed by atoms with E-state index in [1.165, 1.54) is 0 Å². The average Bonchev–Trinajstić information content (AvgIpc) is 2.26. The zero-order chi connectivity index (χ0) is 12.0. The molecule has 16 heavy (non-hydrogen) atoms. The van der Waals surface area contributed by atoms with E-state index in [0.717, 1.165) is 12.0 Å². The number of para-hydroxylation sites is 1. The van der Waals surface area contributed by atoms with Crippen LogP contribution >= 0.6 is 0 Å². The van der Waals surface area contributed by atoms with Crippen molar-refractivity contribution in [2.24, 2.45) is 5.73 Å². The van der Waals surface area contributed by atoms with Crippen molar-refractivity contribution in [1.82, 2.24) is 0 Å². The summed E-state index contributed by atoms with van der Waals surface area (Å²) in [7, 11) is 3.20. The van der Waals surface area contributed by atoms with Gasteiger partial charge in [0.2, 0.25) is 0 Å². The molecule has 0 fully saturated rings. The van der Waals surface area contributed by atoms with Crippen LogP contribution < -0.4 is 15.2 Å². The van der Waals surface area contributed by atoms with Crippen LogP contribution in [0.5, 0.6) is 11.5 Å². The van der Waals surface area contributed by atoms with Gasteiger partial charge in [-0.1, -0.05) is 12.1 Å². The lowest BCUT2D eigenvalue weighted by Crippen LogP contribution is -2.18. The number of nitrogens with two attached hydrogens (primary N) is 1. The number of hydrogen-bond donors (Lipinski definition) is 1. The van der Waals surface area contributed by atoms with Crippen LogP contribution in [0.4, 0.5) is 0 Å². The number of hydrogen-bond acceptors (Lipinski definition) is 4. The summed E-state index contributed by atoms with van der Waals surface area (Å²) in [6.45, 7) is 2.16. The van der Waals surface area contributed by atoms with Gasteiger partial charge in [0, 0.05) is 13.2 Å². The van der Waals surface area contributed by atoms with Crippen LogP contribution in [0, 0.1) is 0 Å². The van der Waals surface area contributed by atoms with Gasteiger partial charge in [-0.05, 0) is 25.0 Å². The van der Waals surface area contributed by atoms with Crippen molar-refractivity contribution in [2.45, 2.75) is 19.4 Å². The van der Waals surface area contributed by atoms with E-state index >= 15 is 0 Å². The van der Waals surface area contributed by atoms with Gasteiger partial charge in [-0.15, -0.1) is 0 Å². The highest BCUT2D eigenvalue weighted by Gasteiger charge is 2.11. The lowest BCUT2D eigenvalue weighted by atomic mass is 10.1. The zero-order valence-electron chi connectivity index (χ0n) is 10.0. The van der Waals surface area contributed by atoms with Crippen LogP contribution in [0.1, 0.15) is 12.5 Å². The van der Waals surface area contributed by atoms with Gasteiger partial charge in [-0.2, -0.15) is 0 Å². The first-order valence-corrected chi connectivity index (χ1v) is 5.22. The molecule has 0 amide bonds. The first-order chi connectivity index (χ1) is 7.69. The third-order valence-electron chi connectivity index (χ3n) is 2.14. The van der Waals surface area contributed by atoms with Gasteiger partial charge in [0.25, 0.3) is 0 Å². The zero-order valence-corrected chi connectivity index (χ0v) is 10.0. The van der Waals surface area contributed by atoms with Gasteiger partial charge < -0.3 is 19.9 Å². The van der Waals surface area contributed by atoms with Crippen molar-refractivity contribution in [1.29, 1.82) is 0 Å². The molecule has 0 heterocycles. The highest BCUT2D eigenvalue weighted by atomic mass is 16.7. The van der Waals surface area contributed by atoms with E-state index in [0.29, 0.717) is 11.5 Å². The van der Waals surface area contributed by atoms with Crippen LogP contribution in [-0.4, -0.2) is 27.1 Å². The first kappa shape index (κ1) is 12.8. The maximum absolute atomic E-state index is 5.79. The maximum atomic E-state index is 5.79. The summed E-state index contributed by atoms with van der Waals surface area (Å²) < 4.78 is 15.6. The molecule has 2 N–H and O–H groups in total. The molecule has 90 valence electrons. The second kappa shape index (κ2) is 6.35. The molecule has 0 aliphatic carbocycles. The SMILES string of the molecule is COCOc1c(CC(C)N)cccc1OC. The Balaban J connectivity index is 2.95. The van der Waals surface area contributed by atoms with Crippen LogP contribution in [0.25, 0.3) is 0 Å². The Kier molecular flexibility index (Phi) is 5.08. The third kappa shape index (κ3) is 3.40. The van der Waals surface area contributed by atoms with Crippen LogP contribution in [0.3, 0.4) is 0 Å². The number of rotatable bonds is 6. The smallest absolute Gasteiger partial charge is 0.188 e. The van der Waals surface area contributed by atoms with Crippen molar-refractivity contribution in [3.8, 4) is 11.5 Å². The molecule has 0 aliphatic heterocycles. The van der Waals surface area contributed by atoms with E-state index in [1.54, 1.807) is 14.2 Å². The quantitative estimate of drug-likeness (QED) is 0.747. The predicted octanol–water partition coefficient (Wildman–Crippen LogP) is 1.57. The number of ether oxygens (including phenoxy) is 3. The standard InChI is InChI=1S/C12H19NO3/c1-9(13)7-10-5-4-6-11(15-3)12(10)16-8-14-2/h4-6,9H,7-8,13H2,1-3H3. The minimum absolute atomic E-state index is 0.0806. The molecule has 1 rings (SSSR count). The largest absolute Gasteiger partial charge is 0.493 e. The summed E-state index contributed by atoms with van der Waals surface area (Å²) in [5.74, 6) is 1.42. The van der Waals surface area contributed by atoms with Crippen molar-refractivity contribution in [2.75, 3.05) is 21.0 Å². The molecule has 0 radical (unpaired) electrons. The van der Waals surface area contributed by atoms with E-state index in [4.69, 9.17) is 19.9 Å². The lowest BCUT2D eigenvalue weighted by molar-refractivity contribution is 0.0484. The Labute approximate surface area is 96.3 Å². The van der Waals surface area contributed by atoms with Crippen molar-refractivity contribution in [3.05, 3.63) is 23.8 Å². The normalized spacial score (nSPS) is 12.2. The van der Waals surface area contributed by atoms with Gasteiger partial charge in [-0.3, -0.25) is 0 Å². The Morgan fingerprint density at radius 2 is 2.06 bits per heavy atom. The highest BCUT2D eigenvalue weighted by Crippen LogP contribution is 2.31. The van der Waals surface area contributed by atoms with Crippen LogP contribution in [0.15, 0.2) is 18.2 Å². The van der Waals surface area contributed by atoms with E-state index < -0.39 is 0 Å². The third-order valence-corrected chi connectivity index (χ3v) is 2.14. The summed E-state index contributed by atoms with van der Waals surface area (Å²) >= 11 is 0. The van der Waals surface area contributed by atoms with Gasteiger partial charge in [-0.25, -0.2) is 0 Å². The minimum atomic E-state index is 0.0806. The Hall–Kier alpha value is -1.26. The van der Waals surface area contributed by atoms with Gasteiger partial charge in [0.1, 0.15) is 0 Å². The summed E-state index contributed by atoms with van der Waals surface area (Å²) in [6, 6.07) is 5.85.